The molecule has 186 valence electrons. The molecule has 0 saturated carbocycles. The number of rotatable bonds is 1. The normalized spacial score (nSPS) is 23.3. The molecule has 0 spiro atoms. The van der Waals surface area contributed by atoms with Crippen molar-refractivity contribution in [2.45, 2.75) is 45.4 Å². The van der Waals surface area contributed by atoms with Crippen molar-refractivity contribution in [1.82, 2.24) is 19.7 Å². The van der Waals surface area contributed by atoms with Crippen LogP contribution in [0.1, 0.15) is 38.1 Å². The van der Waals surface area contributed by atoms with Crippen molar-refractivity contribution in [2.75, 3.05) is 51.3 Å². The van der Waals surface area contributed by atoms with E-state index in [4.69, 9.17) is 32.7 Å². The number of hydrogen-bond acceptors (Lipinski definition) is 7. The number of halogens is 2. The predicted octanol–water partition coefficient (Wildman–Crippen LogP) is 2.51. The highest BCUT2D eigenvalue weighted by Crippen LogP contribution is 2.42. The molecule has 10 nitrogen and oxygen atoms in total. The molecule has 2 saturated heterocycles. The number of fused-ring (bicyclic) bond motifs is 2. The highest BCUT2D eigenvalue weighted by molar-refractivity contribution is 6.42. The summed E-state index contributed by atoms with van der Waals surface area (Å²) in [5.41, 5.74) is -0.436. The lowest BCUT2D eigenvalue weighted by Crippen LogP contribution is -2.58. The number of ether oxygens (including phenoxy) is 2. The molecule has 2 atom stereocenters. The molecule has 34 heavy (non-hydrogen) atoms. The molecule has 12 heteroatoms. The van der Waals surface area contributed by atoms with Gasteiger partial charge in [-0.1, -0.05) is 23.2 Å². The fourth-order valence-electron chi connectivity index (χ4n) is 4.42. The van der Waals surface area contributed by atoms with Gasteiger partial charge in [0.05, 0.1) is 6.04 Å². The summed E-state index contributed by atoms with van der Waals surface area (Å²) >= 11 is 12.8. The summed E-state index contributed by atoms with van der Waals surface area (Å²) in [5, 5.41) is 0.0442. The minimum atomic E-state index is -0.623. The second-order valence-corrected chi connectivity index (χ2v) is 10.5. The van der Waals surface area contributed by atoms with Gasteiger partial charge < -0.3 is 29.1 Å². The second kappa shape index (κ2) is 8.96. The fraction of sp³-hybridized carbons (Fsp3) is 0.636. The molecular formula is C22H29Cl2N5O5. The van der Waals surface area contributed by atoms with Crippen molar-refractivity contribution in [3.8, 4) is 5.75 Å². The van der Waals surface area contributed by atoms with E-state index in [0.717, 1.165) is 0 Å². The summed E-state index contributed by atoms with van der Waals surface area (Å²) in [6, 6.07) is -0.945. The van der Waals surface area contributed by atoms with Crippen LogP contribution in [0.15, 0.2) is 0 Å². The Morgan fingerprint density at radius 1 is 1.12 bits per heavy atom. The van der Waals surface area contributed by atoms with Crippen LogP contribution < -0.4 is 9.64 Å². The van der Waals surface area contributed by atoms with Crippen molar-refractivity contribution in [3.63, 3.8) is 0 Å². The molecule has 0 unspecified atom stereocenters. The van der Waals surface area contributed by atoms with Gasteiger partial charge in [-0.15, -0.1) is 0 Å². The third-order valence-corrected chi connectivity index (χ3v) is 6.93. The van der Waals surface area contributed by atoms with Gasteiger partial charge in [0.1, 0.15) is 34.7 Å². The molecule has 0 bridgehead atoms. The number of aromatic nitrogens is 1. The minimum Gasteiger partial charge on any atom is -0.489 e. The maximum atomic E-state index is 13.8. The molecule has 1 aromatic heterocycles. The second-order valence-electron chi connectivity index (χ2n) is 9.76. The van der Waals surface area contributed by atoms with Crippen LogP contribution in [0, 0.1) is 0 Å². The van der Waals surface area contributed by atoms with Gasteiger partial charge in [-0.25, -0.2) is 9.78 Å². The molecule has 0 N–H and O–H groups in total. The Kier molecular flexibility index (Phi) is 6.50. The number of nitrogens with zero attached hydrogens (tertiary/aromatic N) is 5. The Morgan fingerprint density at radius 3 is 2.47 bits per heavy atom. The largest absolute Gasteiger partial charge is 0.489 e. The maximum absolute atomic E-state index is 13.8. The molecular weight excluding hydrogens is 485 g/mol. The van der Waals surface area contributed by atoms with E-state index in [1.54, 1.807) is 54.3 Å². The summed E-state index contributed by atoms with van der Waals surface area (Å²) < 4.78 is 11.5. The Hall–Kier alpha value is -2.46. The maximum Gasteiger partial charge on any atom is 0.410 e. The number of amides is 3. The standard InChI is InChI=1S/C22H29Cl2N5O5/c1-12-19(30)26(5)6-8-28(12)18-14-16(15(23)17(24)25-18)33-11-13-10-27(7-9-29(13)20(14)31)21(32)34-22(2,3)4/h12-13H,6-11H2,1-5H3/t12-,13+/m0/s1. The number of anilines is 1. The highest BCUT2D eigenvalue weighted by Gasteiger charge is 2.42. The molecule has 1 aromatic rings. The minimum absolute atomic E-state index is 0.00273. The lowest BCUT2D eigenvalue weighted by atomic mass is 10.1. The van der Waals surface area contributed by atoms with E-state index in [9.17, 15) is 14.4 Å². The summed E-state index contributed by atoms with van der Waals surface area (Å²) in [5.74, 6) is 0.0247. The number of piperazine rings is 2. The molecule has 2 fully saturated rings. The van der Waals surface area contributed by atoms with Gasteiger partial charge in [0.25, 0.3) is 5.91 Å². The van der Waals surface area contributed by atoms with Gasteiger partial charge in [0.2, 0.25) is 5.91 Å². The van der Waals surface area contributed by atoms with Gasteiger partial charge in [-0.05, 0) is 27.7 Å². The van der Waals surface area contributed by atoms with Crippen LogP contribution in [-0.4, -0.2) is 102 Å². The monoisotopic (exact) mass is 513 g/mol. The van der Waals surface area contributed by atoms with Crippen molar-refractivity contribution in [2.24, 2.45) is 0 Å². The number of carbonyl (C=O) groups is 3. The van der Waals surface area contributed by atoms with E-state index in [2.05, 4.69) is 4.98 Å². The van der Waals surface area contributed by atoms with Crippen LogP contribution in [0.3, 0.4) is 0 Å². The van der Waals surface area contributed by atoms with Crippen LogP contribution in [0.4, 0.5) is 10.6 Å². The summed E-state index contributed by atoms with van der Waals surface area (Å²) in [6.45, 7) is 9.12. The quantitative estimate of drug-likeness (QED) is 0.532. The summed E-state index contributed by atoms with van der Waals surface area (Å²) in [4.78, 5) is 50.1. The predicted molar refractivity (Wildman–Crippen MR) is 127 cm³/mol. The molecule has 0 radical (unpaired) electrons. The third-order valence-electron chi connectivity index (χ3n) is 6.21. The number of pyridine rings is 1. The fourth-order valence-corrected chi connectivity index (χ4v) is 4.78. The smallest absolute Gasteiger partial charge is 0.410 e. The van der Waals surface area contributed by atoms with Crippen molar-refractivity contribution in [1.29, 1.82) is 0 Å². The Morgan fingerprint density at radius 2 is 1.79 bits per heavy atom. The average Bonchev–Trinajstić information content (AvgIpc) is 2.90. The zero-order valence-corrected chi connectivity index (χ0v) is 21.4. The Labute approximate surface area is 208 Å². The Balaban J connectivity index is 1.67. The average molecular weight is 514 g/mol. The molecule has 0 aliphatic carbocycles. The van der Waals surface area contributed by atoms with Crippen molar-refractivity contribution >= 4 is 46.9 Å². The van der Waals surface area contributed by atoms with Crippen LogP contribution in [0.25, 0.3) is 0 Å². The van der Waals surface area contributed by atoms with Crippen LogP contribution in [-0.2, 0) is 9.53 Å². The number of likely N-dealkylation sites (N-methyl/N-ethyl adjacent to an activating group) is 1. The summed E-state index contributed by atoms with van der Waals surface area (Å²) in [7, 11) is 1.74. The van der Waals surface area contributed by atoms with Crippen molar-refractivity contribution in [3.05, 3.63) is 15.7 Å². The van der Waals surface area contributed by atoms with E-state index in [1.807, 2.05) is 0 Å². The van der Waals surface area contributed by atoms with E-state index in [-0.39, 0.29) is 52.3 Å². The lowest BCUT2D eigenvalue weighted by molar-refractivity contribution is -0.132. The van der Waals surface area contributed by atoms with E-state index < -0.39 is 23.8 Å². The van der Waals surface area contributed by atoms with E-state index in [1.165, 1.54) is 0 Å². The summed E-state index contributed by atoms with van der Waals surface area (Å²) in [6.07, 6.45) is -0.436. The lowest BCUT2D eigenvalue weighted by Gasteiger charge is -2.41. The SMILES string of the molecule is C[C@H]1C(=O)N(C)CCN1c1nc(Cl)c(Cl)c2c1C(=O)N1CCN(C(=O)OC(C)(C)C)C[C@@H]1CO2. The first-order valence-corrected chi connectivity index (χ1v) is 12.0. The molecule has 3 aliphatic heterocycles. The molecule has 4 heterocycles. The zero-order chi connectivity index (χ0) is 24.9. The van der Waals surface area contributed by atoms with Gasteiger partial charge in [0.15, 0.2) is 10.9 Å². The van der Waals surface area contributed by atoms with Crippen LogP contribution in [0.2, 0.25) is 10.2 Å². The highest BCUT2D eigenvalue weighted by atomic mass is 35.5. The van der Waals surface area contributed by atoms with Gasteiger partial charge in [-0.3, -0.25) is 9.59 Å². The number of carbonyl (C=O) groups excluding carboxylic acids is 3. The van der Waals surface area contributed by atoms with Crippen LogP contribution in [0.5, 0.6) is 5.75 Å². The number of hydrogen-bond donors (Lipinski definition) is 0. The van der Waals surface area contributed by atoms with Gasteiger partial charge in [-0.2, -0.15) is 0 Å². The van der Waals surface area contributed by atoms with Gasteiger partial charge >= 0.3 is 6.09 Å². The Bertz CT molecular complexity index is 1030. The topological polar surface area (TPSA) is 95.5 Å². The zero-order valence-electron chi connectivity index (χ0n) is 19.9. The van der Waals surface area contributed by atoms with E-state index >= 15 is 0 Å². The van der Waals surface area contributed by atoms with Crippen molar-refractivity contribution < 1.29 is 23.9 Å². The third kappa shape index (κ3) is 4.45. The molecule has 0 aromatic carbocycles. The molecule has 3 amide bonds. The first-order chi connectivity index (χ1) is 15.9. The van der Waals surface area contributed by atoms with E-state index in [0.29, 0.717) is 26.2 Å². The van der Waals surface area contributed by atoms with Crippen LogP contribution >= 0.6 is 23.2 Å². The first-order valence-electron chi connectivity index (χ1n) is 11.2. The van der Waals surface area contributed by atoms with Gasteiger partial charge in [0, 0.05) is 39.8 Å². The molecule has 3 aliphatic rings. The first kappa shape index (κ1) is 24.7. The molecule has 4 rings (SSSR count).